The van der Waals surface area contributed by atoms with E-state index >= 15 is 0 Å². The first-order chi connectivity index (χ1) is 7.61. The monoisotopic (exact) mass is 227 g/mol. The molecule has 0 aromatic carbocycles. The Morgan fingerprint density at radius 3 is 2.62 bits per heavy atom. The molecule has 1 saturated carbocycles. The van der Waals surface area contributed by atoms with Crippen LogP contribution in [-0.2, 0) is 9.53 Å². The summed E-state index contributed by atoms with van der Waals surface area (Å²) in [5.74, 6) is -0.334. The van der Waals surface area contributed by atoms with Gasteiger partial charge in [0.25, 0.3) is 0 Å². The topological polar surface area (TPSA) is 58.6 Å². The minimum atomic E-state index is -0.696. The van der Waals surface area contributed by atoms with Gasteiger partial charge in [-0.25, -0.2) is 0 Å². The normalized spacial score (nSPS) is 26.3. The molecule has 0 radical (unpaired) electrons. The Morgan fingerprint density at radius 2 is 2.12 bits per heavy atom. The molecule has 0 spiro atoms. The minimum Gasteiger partial charge on any atom is -0.480 e. The zero-order chi connectivity index (χ0) is 11.6. The summed E-state index contributed by atoms with van der Waals surface area (Å²) in [6.07, 6.45) is 4.17. The molecule has 2 rings (SSSR count). The van der Waals surface area contributed by atoms with Gasteiger partial charge in [-0.05, 0) is 37.0 Å². The molecule has 0 bridgehead atoms. The second-order valence-corrected chi connectivity index (χ2v) is 5.46. The van der Waals surface area contributed by atoms with Crippen LogP contribution in [0.25, 0.3) is 0 Å². The number of carbonyl (C=O) groups is 1. The highest BCUT2D eigenvalue weighted by Crippen LogP contribution is 2.34. The molecule has 0 aromatic heterocycles. The van der Waals surface area contributed by atoms with Gasteiger partial charge in [0.1, 0.15) is 6.04 Å². The molecule has 1 aliphatic heterocycles. The van der Waals surface area contributed by atoms with E-state index in [1.165, 1.54) is 0 Å². The summed E-state index contributed by atoms with van der Waals surface area (Å²) < 4.78 is 5.33. The van der Waals surface area contributed by atoms with Crippen LogP contribution >= 0.6 is 0 Å². The molecular formula is C12H21NO3. The van der Waals surface area contributed by atoms with Crippen LogP contribution in [0, 0.1) is 11.3 Å². The summed E-state index contributed by atoms with van der Waals surface area (Å²) in [6.45, 7) is 4.62. The second kappa shape index (κ2) is 4.72. The molecule has 4 nitrogen and oxygen atoms in total. The van der Waals surface area contributed by atoms with Gasteiger partial charge in [-0.15, -0.1) is 0 Å². The van der Waals surface area contributed by atoms with Gasteiger partial charge in [-0.2, -0.15) is 0 Å². The lowest BCUT2D eigenvalue weighted by molar-refractivity contribution is -0.140. The summed E-state index contributed by atoms with van der Waals surface area (Å²) in [6, 6.07) is -0.334. The summed E-state index contributed by atoms with van der Waals surface area (Å²) in [5, 5.41) is 12.3. The average Bonchev–Trinajstić information content (AvgIpc) is 3.02. The van der Waals surface area contributed by atoms with Crippen LogP contribution in [0.1, 0.15) is 32.6 Å². The highest BCUT2D eigenvalue weighted by Gasteiger charge is 2.37. The average molecular weight is 227 g/mol. The number of hydrogen-bond acceptors (Lipinski definition) is 3. The fraction of sp³-hybridized carbons (Fsp3) is 0.917. The van der Waals surface area contributed by atoms with E-state index in [0.717, 1.165) is 45.4 Å². The standard InChI is InChI=1S/C12H21NO3/c1-12(4-6-16-7-5-12)8-13-10(11(14)15)9-2-3-9/h9-10,13H,2-8H2,1H3,(H,14,15). The molecule has 1 heterocycles. The van der Waals surface area contributed by atoms with Gasteiger partial charge in [0.15, 0.2) is 0 Å². The van der Waals surface area contributed by atoms with Crippen molar-refractivity contribution in [1.29, 1.82) is 0 Å². The molecule has 0 amide bonds. The Balaban J connectivity index is 1.82. The highest BCUT2D eigenvalue weighted by atomic mass is 16.5. The fourth-order valence-electron chi connectivity index (χ4n) is 2.28. The first-order valence-corrected chi connectivity index (χ1v) is 6.15. The number of carboxylic acid groups (broad SMARTS) is 1. The molecule has 92 valence electrons. The van der Waals surface area contributed by atoms with Gasteiger partial charge in [-0.1, -0.05) is 6.92 Å². The van der Waals surface area contributed by atoms with E-state index in [1.807, 2.05) is 0 Å². The summed E-state index contributed by atoms with van der Waals surface area (Å²) in [7, 11) is 0. The van der Waals surface area contributed by atoms with Crippen molar-refractivity contribution in [2.75, 3.05) is 19.8 Å². The van der Waals surface area contributed by atoms with Gasteiger partial charge >= 0.3 is 5.97 Å². The van der Waals surface area contributed by atoms with E-state index in [9.17, 15) is 4.79 Å². The quantitative estimate of drug-likeness (QED) is 0.742. The van der Waals surface area contributed by atoms with Gasteiger partial charge in [0.2, 0.25) is 0 Å². The van der Waals surface area contributed by atoms with Crippen LogP contribution in [0.3, 0.4) is 0 Å². The Labute approximate surface area is 96.4 Å². The van der Waals surface area contributed by atoms with Crippen molar-refractivity contribution >= 4 is 5.97 Å². The van der Waals surface area contributed by atoms with E-state index in [2.05, 4.69) is 12.2 Å². The maximum atomic E-state index is 11.1. The zero-order valence-corrected chi connectivity index (χ0v) is 9.87. The number of carboxylic acids is 1. The van der Waals surface area contributed by atoms with Gasteiger partial charge in [0, 0.05) is 19.8 Å². The molecule has 16 heavy (non-hydrogen) atoms. The van der Waals surface area contributed by atoms with Crippen molar-refractivity contribution in [2.45, 2.75) is 38.6 Å². The second-order valence-electron chi connectivity index (χ2n) is 5.46. The summed E-state index contributed by atoms with van der Waals surface area (Å²) >= 11 is 0. The van der Waals surface area contributed by atoms with Gasteiger partial charge < -0.3 is 15.2 Å². The molecule has 2 N–H and O–H groups in total. The third-order valence-corrected chi connectivity index (χ3v) is 3.81. The number of rotatable bonds is 5. The molecule has 1 unspecified atom stereocenters. The van der Waals surface area contributed by atoms with Crippen LogP contribution < -0.4 is 5.32 Å². The third kappa shape index (κ3) is 2.95. The first kappa shape index (κ1) is 11.9. The number of hydrogen-bond donors (Lipinski definition) is 2. The minimum absolute atomic E-state index is 0.209. The largest absolute Gasteiger partial charge is 0.480 e. The van der Waals surface area contributed by atoms with E-state index < -0.39 is 5.97 Å². The maximum absolute atomic E-state index is 11.1. The van der Waals surface area contributed by atoms with Crippen molar-refractivity contribution in [3.8, 4) is 0 Å². The van der Waals surface area contributed by atoms with Crippen LogP contribution in [0.4, 0.5) is 0 Å². The molecule has 1 saturated heterocycles. The molecule has 2 fully saturated rings. The first-order valence-electron chi connectivity index (χ1n) is 6.15. The Morgan fingerprint density at radius 1 is 1.50 bits per heavy atom. The smallest absolute Gasteiger partial charge is 0.320 e. The van der Waals surface area contributed by atoms with Crippen LogP contribution in [-0.4, -0.2) is 36.9 Å². The van der Waals surface area contributed by atoms with E-state index in [4.69, 9.17) is 9.84 Å². The lowest BCUT2D eigenvalue weighted by Crippen LogP contribution is -2.45. The molecule has 4 heteroatoms. The van der Waals surface area contributed by atoms with Crippen LogP contribution in [0.2, 0.25) is 0 Å². The van der Waals surface area contributed by atoms with Crippen molar-refractivity contribution in [3.63, 3.8) is 0 Å². The van der Waals surface area contributed by atoms with Gasteiger partial charge in [-0.3, -0.25) is 4.79 Å². The van der Waals surface area contributed by atoms with Crippen molar-refractivity contribution in [2.24, 2.45) is 11.3 Å². The molecule has 0 aromatic rings. The number of aliphatic carboxylic acids is 1. The third-order valence-electron chi connectivity index (χ3n) is 3.81. The highest BCUT2D eigenvalue weighted by molar-refractivity contribution is 5.74. The lowest BCUT2D eigenvalue weighted by Gasteiger charge is -2.34. The Hall–Kier alpha value is -0.610. The lowest BCUT2D eigenvalue weighted by atomic mass is 9.82. The Kier molecular flexibility index (Phi) is 3.50. The van der Waals surface area contributed by atoms with Gasteiger partial charge in [0.05, 0.1) is 0 Å². The number of ether oxygens (including phenoxy) is 1. The summed E-state index contributed by atoms with van der Waals surface area (Å²) in [5.41, 5.74) is 0.209. The maximum Gasteiger partial charge on any atom is 0.320 e. The fourth-order valence-corrected chi connectivity index (χ4v) is 2.28. The van der Waals surface area contributed by atoms with E-state index in [-0.39, 0.29) is 11.5 Å². The van der Waals surface area contributed by atoms with Crippen molar-refractivity contribution in [3.05, 3.63) is 0 Å². The van der Waals surface area contributed by atoms with E-state index in [1.54, 1.807) is 0 Å². The zero-order valence-electron chi connectivity index (χ0n) is 9.87. The van der Waals surface area contributed by atoms with Crippen molar-refractivity contribution in [1.82, 2.24) is 5.32 Å². The van der Waals surface area contributed by atoms with Crippen LogP contribution in [0.5, 0.6) is 0 Å². The summed E-state index contributed by atoms with van der Waals surface area (Å²) in [4.78, 5) is 11.1. The Bertz CT molecular complexity index is 257. The molecule has 1 atom stereocenters. The predicted molar refractivity (Wildman–Crippen MR) is 60.3 cm³/mol. The van der Waals surface area contributed by atoms with Crippen LogP contribution in [0.15, 0.2) is 0 Å². The number of nitrogens with one attached hydrogen (secondary N) is 1. The molecule has 1 aliphatic carbocycles. The SMILES string of the molecule is CC1(CNC(C(=O)O)C2CC2)CCOCC1. The van der Waals surface area contributed by atoms with E-state index in [0.29, 0.717) is 5.92 Å². The van der Waals surface area contributed by atoms with Crippen molar-refractivity contribution < 1.29 is 14.6 Å². The predicted octanol–water partition coefficient (Wildman–Crippen LogP) is 1.26. The molecule has 2 aliphatic rings. The molecular weight excluding hydrogens is 206 g/mol.